The molecule has 2 aliphatic rings. The summed E-state index contributed by atoms with van der Waals surface area (Å²) in [6.07, 6.45) is 12.6. The van der Waals surface area contributed by atoms with Crippen LogP contribution in [-0.4, -0.2) is 40.5 Å². The van der Waals surface area contributed by atoms with Crippen LogP contribution in [0.15, 0.2) is 54.7 Å². The average molecular weight is 444 g/mol. The zero-order valence-corrected chi connectivity index (χ0v) is 19.9. The standard InChI is InChI=1S/C29H37N3O/c1-22-10-12-23(13-11-22)25-15-14-24-16-18-31(28(24)19-25)21-29(33)30-20-27-9-5-6-17-32(27)26-7-3-2-4-8-26/h10-16,18-19,26-27H,2-9,17,20-21H2,1H3,(H,30,33). The average Bonchev–Trinajstić information content (AvgIpc) is 3.26. The number of aromatic nitrogens is 1. The van der Waals surface area contributed by atoms with Gasteiger partial charge in [-0.25, -0.2) is 0 Å². The van der Waals surface area contributed by atoms with Crippen LogP contribution in [0, 0.1) is 6.92 Å². The highest BCUT2D eigenvalue weighted by Gasteiger charge is 2.29. The van der Waals surface area contributed by atoms with Crippen LogP contribution in [0.25, 0.3) is 22.0 Å². The highest BCUT2D eigenvalue weighted by molar-refractivity contribution is 5.87. The summed E-state index contributed by atoms with van der Waals surface area (Å²) in [6.45, 7) is 4.47. The lowest BCUT2D eigenvalue weighted by Gasteiger charge is -2.43. The minimum atomic E-state index is 0.113. The first-order valence-electron chi connectivity index (χ1n) is 12.9. The van der Waals surface area contributed by atoms with Crippen LogP contribution in [0.2, 0.25) is 0 Å². The maximum Gasteiger partial charge on any atom is 0.239 e. The molecule has 4 heteroatoms. The number of fused-ring (bicyclic) bond motifs is 1. The SMILES string of the molecule is Cc1ccc(-c2ccc3ccn(CC(=O)NCC4CCCCN4C4CCCCC4)c3c2)cc1. The second-order valence-corrected chi connectivity index (χ2v) is 10.1. The molecule has 1 N–H and O–H groups in total. The number of likely N-dealkylation sites (tertiary alicyclic amines) is 1. The first kappa shape index (κ1) is 22.2. The van der Waals surface area contributed by atoms with E-state index in [1.807, 2.05) is 6.20 Å². The van der Waals surface area contributed by atoms with Gasteiger partial charge < -0.3 is 9.88 Å². The Morgan fingerprint density at radius 2 is 1.67 bits per heavy atom. The first-order chi connectivity index (χ1) is 16.2. The predicted molar refractivity (Wildman–Crippen MR) is 136 cm³/mol. The third-order valence-electron chi connectivity index (χ3n) is 7.72. The van der Waals surface area contributed by atoms with E-state index in [0.717, 1.165) is 18.1 Å². The van der Waals surface area contributed by atoms with Crippen molar-refractivity contribution in [1.29, 1.82) is 0 Å². The molecule has 0 bridgehead atoms. The molecule has 1 amide bonds. The summed E-state index contributed by atoms with van der Waals surface area (Å²) >= 11 is 0. The molecule has 1 aliphatic heterocycles. The summed E-state index contributed by atoms with van der Waals surface area (Å²) in [6, 6.07) is 18.5. The van der Waals surface area contributed by atoms with Crippen LogP contribution in [0.5, 0.6) is 0 Å². The third-order valence-corrected chi connectivity index (χ3v) is 7.72. The smallest absolute Gasteiger partial charge is 0.239 e. The number of nitrogens with one attached hydrogen (secondary N) is 1. The van der Waals surface area contributed by atoms with Gasteiger partial charge in [0.2, 0.25) is 5.91 Å². The summed E-state index contributed by atoms with van der Waals surface area (Å²) in [5, 5.41) is 4.45. The fourth-order valence-electron chi connectivity index (χ4n) is 5.83. The van der Waals surface area contributed by atoms with Gasteiger partial charge >= 0.3 is 0 Å². The van der Waals surface area contributed by atoms with E-state index in [2.05, 4.69) is 70.2 Å². The molecule has 1 saturated heterocycles. The summed E-state index contributed by atoms with van der Waals surface area (Å²) in [5.74, 6) is 0.113. The van der Waals surface area contributed by atoms with Crippen LogP contribution in [0.3, 0.4) is 0 Å². The first-order valence-corrected chi connectivity index (χ1v) is 12.9. The molecule has 3 aromatic rings. The molecular weight excluding hydrogens is 406 g/mol. The Labute approximate surface area is 198 Å². The van der Waals surface area contributed by atoms with E-state index < -0.39 is 0 Å². The maximum atomic E-state index is 12.9. The summed E-state index contributed by atoms with van der Waals surface area (Å²) in [5.41, 5.74) is 4.78. The highest BCUT2D eigenvalue weighted by atomic mass is 16.1. The number of nitrogens with zero attached hydrogens (tertiary/aromatic N) is 2. The van der Waals surface area contributed by atoms with Crippen molar-refractivity contribution in [3.05, 3.63) is 60.3 Å². The zero-order chi connectivity index (χ0) is 22.6. The van der Waals surface area contributed by atoms with Crippen molar-refractivity contribution in [2.75, 3.05) is 13.1 Å². The lowest BCUT2D eigenvalue weighted by molar-refractivity contribution is -0.122. The molecule has 174 valence electrons. The molecule has 1 saturated carbocycles. The number of carbonyl (C=O) groups excluding carboxylic acids is 1. The lowest BCUT2D eigenvalue weighted by atomic mass is 9.90. The van der Waals surface area contributed by atoms with Crippen molar-refractivity contribution in [1.82, 2.24) is 14.8 Å². The Kier molecular flexibility index (Phi) is 6.82. The molecule has 1 unspecified atom stereocenters. The van der Waals surface area contributed by atoms with Crippen molar-refractivity contribution in [2.45, 2.75) is 76.9 Å². The van der Waals surface area contributed by atoms with E-state index in [1.54, 1.807) is 0 Å². The number of rotatable bonds is 6. The quantitative estimate of drug-likeness (QED) is 0.513. The van der Waals surface area contributed by atoms with Gasteiger partial charge in [-0.3, -0.25) is 9.69 Å². The molecule has 0 radical (unpaired) electrons. The fourth-order valence-corrected chi connectivity index (χ4v) is 5.83. The second kappa shape index (κ2) is 10.1. The van der Waals surface area contributed by atoms with Crippen molar-refractivity contribution < 1.29 is 4.79 Å². The van der Waals surface area contributed by atoms with Gasteiger partial charge in [-0.15, -0.1) is 0 Å². The van der Waals surface area contributed by atoms with Crippen molar-refractivity contribution >= 4 is 16.8 Å². The summed E-state index contributed by atoms with van der Waals surface area (Å²) in [4.78, 5) is 15.6. The van der Waals surface area contributed by atoms with E-state index >= 15 is 0 Å². The van der Waals surface area contributed by atoms with Crippen LogP contribution in [0.4, 0.5) is 0 Å². The van der Waals surface area contributed by atoms with Crippen molar-refractivity contribution in [2.24, 2.45) is 0 Å². The fraction of sp³-hybridized carbons (Fsp3) is 0.483. The molecule has 1 aliphatic carbocycles. The van der Waals surface area contributed by atoms with Gasteiger partial charge in [0.05, 0.1) is 0 Å². The topological polar surface area (TPSA) is 37.3 Å². The van der Waals surface area contributed by atoms with Crippen molar-refractivity contribution in [3.63, 3.8) is 0 Å². The van der Waals surface area contributed by atoms with Gasteiger partial charge in [0.15, 0.2) is 0 Å². The van der Waals surface area contributed by atoms with Gasteiger partial charge in [-0.05, 0) is 67.8 Å². The highest BCUT2D eigenvalue weighted by Crippen LogP contribution is 2.29. The molecule has 4 nitrogen and oxygen atoms in total. The number of hydrogen-bond donors (Lipinski definition) is 1. The van der Waals surface area contributed by atoms with E-state index in [-0.39, 0.29) is 5.91 Å². The Morgan fingerprint density at radius 1 is 0.909 bits per heavy atom. The molecule has 33 heavy (non-hydrogen) atoms. The van der Waals surface area contributed by atoms with Gasteiger partial charge in [-0.2, -0.15) is 0 Å². The van der Waals surface area contributed by atoms with Crippen LogP contribution in [-0.2, 0) is 11.3 Å². The van der Waals surface area contributed by atoms with Crippen LogP contribution < -0.4 is 5.32 Å². The molecule has 2 aromatic carbocycles. The van der Waals surface area contributed by atoms with Crippen LogP contribution in [0.1, 0.15) is 56.9 Å². The minimum Gasteiger partial charge on any atom is -0.353 e. The largest absolute Gasteiger partial charge is 0.353 e. The normalized spacial score (nSPS) is 20.2. The van der Waals surface area contributed by atoms with E-state index in [9.17, 15) is 4.79 Å². The monoisotopic (exact) mass is 443 g/mol. The zero-order valence-electron chi connectivity index (χ0n) is 19.9. The molecule has 2 fully saturated rings. The number of benzene rings is 2. The number of hydrogen-bond acceptors (Lipinski definition) is 2. The second-order valence-electron chi connectivity index (χ2n) is 10.1. The Bertz CT molecular complexity index is 1080. The number of amides is 1. The third kappa shape index (κ3) is 5.16. The van der Waals surface area contributed by atoms with Crippen LogP contribution >= 0.6 is 0 Å². The number of carbonyl (C=O) groups is 1. The van der Waals surface area contributed by atoms with E-state index in [1.165, 1.54) is 80.0 Å². The predicted octanol–water partition coefficient (Wildman–Crippen LogP) is 5.92. The molecule has 1 atom stereocenters. The Hall–Kier alpha value is -2.59. The van der Waals surface area contributed by atoms with Gasteiger partial charge in [0, 0.05) is 30.3 Å². The minimum absolute atomic E-state index is 0.113. The van der Waals surface area contributed by atoms with Gasteiger partial charge in [0.1, 0.15) is 6.54 Å². The molecule has 1 aromatic heterocycles. The Morgan fingerprint density at radius 3 is 2.48 bits per heavy atom. The maximum absolute atomic E-state index is 12.9. The summed E-state index contributed by atoms with van der Waals surface area (Å²) in [7, 11) is 0. The van der Waals surface area contributed by atoms with E-state index in [0.29, 0.717) is 12.6 Å². The lowest BCUT2D eigenvalue weighted by Crippen LogP contribution is -2.51. The Balaban J connectivity index is 1.24. The number of aryl methyl sites for hydroxylation is 1. The molecular formula is C29H37N3O. The molecule has 0 spiro atoms. The number of piperidine rings is 1. The molecule has 5 rings (SSSR count). The van der Waals surface area contributed by atoms with Crippen molar-refractivity contribution in [3.8, 4) is 11.1 Å². The molecule has 2 heterocycles. The summed E-state index contributed by atoms with van der Waals surface area (Å²) < 4.78 is 2.09. The van der Waals surface area contributed by atoms with Gasteiger partial charge in [0.25, 0.3) is 0 Å². The van der Waals surface area contributed by atoms with E-state index in [4.69, 9.17) is 0 Å². The van der Waals surface area contributed by atoms with Gasteiger partial charge in [-0.1, -0.05) is 67.6 Å².